The molecule has 2 heterocycles. The number of hydrogen-bond donors (Lipinski definition) is 7. The van der Waals surface area contributed by atoms with Crippen molar-refractivity contribution in [1.29, 1.82) is 0 Å². The van der Waals surface area contributed by atoms with Crippen LogP contribution in [0.5, 0.6) is 40.2 Å². The molecule has 7 N–H and O–H groups in total. The molecule has 6 radical (unpaired) electrons. The van der Waals surface area contributed by atoms with Gasteiger partial charge in [0.15, 0.2) is 11.5 Å². The average Bonchev–Trinajstić information content (AvgIpc) is 0.779. The smallest absolute Gasteiger partial charge is 0.252 e. The molecule has 14 heteroatoms. The fourth-order valence-electron chi connectivity index (χ4n) is 13.3. The maximum Gasteiger partial charge on any atom is 0.252 e. The highest BCUT2D eigenvalue weighted by molar-refractivity contribution is 7.00. The van der Waals surface area contributed by atoms with Crippen molar-refractivity contribution < 1.29 is 35.7 Å². The second-order valence-corrected chi connectivity index (χ2v) is 25.6. The van der Waals surface area contributed by atoms with E-state index in [1.807, 2.05) is 17.0 Å². The molecule has 3 aliphatic rings. The molecule has 0 saturated heterocycles. The van der Waals surface area contributed by atoms with E-state index in [1.165, 1.54) is 38.8 Å². The Morgan fingerprint density at radius 3 is 1.49 bits per heavy atom. The lowest BCUT2D eigenvalue weighted by atomic mass is 9.33. The lowest BCUT2D eigenvalue weighted by Gasteiger charge is -2.45. The molecule has 1 aliphatic carbocycles. The first-order chi connectivity index (χ1) is 40.8. The van der Waals surface area contributed by atoms with Gasteiger partial charge in [-0.1, -0.05) is 151 Å². The Morgan fingerprint density at radius 2 is 0.895 bits per heavy atom. The lowest BCUT2D eigenvalue weighted by Crippen LogP contribution is -2.61. The van der Waals surface area contributed by atoms with Crippen molar-refractivity contribution >= 4 is 114 Å². The van der Waals surface area contributed by atoms with Gasteiger partial charge in [-0.05, 0) is 169 Å². The third-order valence-corrected chi connectivity index (χ3v) is 17.9. The van der Waals surface area contributed by atoms with Gasteiger partial charge in [0.05, 0.1) is 5.56 Å². The first-order valence-electron chi connectivity index (χ1n) is 28.7. The van der Waals surface area contributed by atoms with Crippen molar-refractivity contribution in [2.75, 3.05) is 14.7 Å². The third kappa shape index (κ3) is 8.42. The second kappa shape index (κ2) is 19.5. The molecule has 0 bridgehead atoms. The molecular formula is C72H61B4N3O7. The number of anilines is 9. The van der Waals surface area contributed by atoms with Gasteiger partial charge in [-0.3, -0.25) is 0 Å². The van der Waals surface area contributed by atoms with Gasteiger partial charge < -0.3 is 50.4 Å². The van der Waals surface area contributed by atoms with Gasteiger partial charge in [0, 0.05) is 62.2 Å². The Balaban J connectivity index is 1.04. The van der Waals surface area contributed by atoms with Crippen molar-refractivity contribution in [3.8, 4) is 73.6 Å². The molecule has 13 rings (SSSR count). The topological polar surface area (TPSA) is 151 Å². The van der Waals surface area contributed by atoms with Gasteiger partial charge >= 0.3 is 0 Å². The van der Waals surface area contributed by atoms with E-state index < -0.39 is 34.5 Å². The lowest BCUT2D eigenvalue weighted by molar-refractivity contribution is 0.330. The fourth-order valence-corrected chi connectivity index (χ4v) is 13.3. The van der Waals surface area contributed by atoms with Gasteiger partial charge in [0.2, 0.25) is 17.2 Å². The zero-order chi connectivity index (χ0) is 61.0. The Labute approximate surface area is 505 Å². The highest BCUT2D eigenvalue weighted by Crippen LogP contribution is 2.56. The molecule has 0 aromatic heterocycles. The van der Waals surface area contributed by atoms with Crippen LogP contribution in [0.15, 0.2) is 164 Å². The minimum atomic E-state index is -1.05. The van der Waals surface area contributed by atoms with E-state index in [0.29, 0.717) is 16.9 Å². The van der Waals surface area contributed by atoms with Crippen molar-refractivity contribution in [2.45, 2.75) is 78.6 Å². The summed E-state index contributed by atoms with van der Waals surface area (Å²) in [5, 5.41) is 75.6. The van der Waals surface area contributed by atoms with Crippen LogP contribution in [0.1, 0.15) is 83.2 Å². The quantitative estimate of drug-likeness (QED) is 0.0467. The summed E-state index contributed by atoms with van der Waals surface area (Å²) in [6.07, 6.45) is 0. The summed E-state index contributed by atoms with van der Waals surface area (Å²) >= 11 is 0. The van der Waals surface area contributed by atoms with E-state index in [2.05, 4.69) is 187 Å². The molecule has 0 fully saturated rings. The Morgan fingerprint density at radius 1 is 0.419 bits per heavy atom. The van der Waals surface area contributed by atoms with Crippen LogP contribution < -0.4 is 47.5 Å². The highest BCUT2D eigenvalue weighted by Gasteiger charge is 2.45. The standard InChI is InChI=1S/C72H61B4N3O7/c1-37-32-55-62-56(33-37)79(45-27-29-48-47-12-10-11-13-49(47)72(8,9)50(48)35-45)53-34-41(71(5,6)7)20-30-51(53)76(62)52-31-28-46(36-54(52)78(55)44-25-18-40(19-26-44)70(2,3)4)77(42-21-14-38(15-22-42)57-59(73)66(83)61(75)60(74)63(57)80)43-23-16-39(17-24-43)58-64(81)67(84)69(86)68(85)65(58)82/h10-36,80-86H,1-9H3. The zero-order valence-corrected chi connectivity index (χ0v) is 49.4. The number of fused-ring (bicyclic) bond motifs is 7. The monoisotopic (exact) mass is 1120 g/mol. The molecule has 86 heavy (non-hydrogen) atoms. The van der Waals surface area contributed by atoms with Gasteiger partial charge in [0.25, 0.3) is 6.71 Å². The van der Waals surface area contributed by atoms with E-state index in [9.17, 15) is 35.7 Å². The summed E-state index contributed by atoms with van der Waals surface area (Å²) < 4.78 is 0. The van der Waals surface area contributed by atoms with Crippen molar-refractivity contribution in [1.82, 2.24) is 0 Å². The first kappa shape index (κ1) is 55.6. The summed E-state index contributed by atoms with van der Waals surface area (Å²) in [4.78, 5) is 6.91. The van der Waals surface area contributed by atoms with Crippen LogP contribution in [0.25, 0.3) is 33.4 Å². The van der Waals surface area contributed by atoms with E-state index in [4.69, 9.17) is 23.5 Å². The number of nitrogens with zero attached hydrogens (tertiary/aromatic N) is 3. The molecule has 418 valence electrons. The van der Waals surface area contributed by atoms with Gasteiger partial charge in [-0.25, -0.2) is 0 Å². The molecular weight excluding hydrogens is 1060 g/mol. The van der Waals surface area contributed by atoms with Crippen LogP contribution in [0, 0.1) is 6.92 Å². The number of aromatic hydroxyl groups is 7. The largest absolute Gasteiger partial charge is 0.509 e. The number of hydrogen-bond acceptors (Lipinski definition) is 10. The minimum Gasteiger partial charge on any atom is -0.509 e. The van der Waals surface area contributed by atoms with E-state index >= 15 is 0 Å². The third-order valence-electron chi connectivity index (χ3n) is 17.9. The summed E-state index contributed by atoms with van der Waals surface area (Å²) in [5.41, 5.74) is 19.7. The SMILES string of the molecule is [B]c1c([B])c(O)c(-c2ccc(N(c3ccc(-c4c(O)c(O)c(O)c(O)c4O)cc3)c3ccc4c(c3)N(c3ccc(C(C)(C)C)cc3)c3cc(C)cc5c3B4c3ccc(C(C)(C)C)cc3N5c3ccc4c(c3)C(C)(C)c3ccccc3-4)cc2)c([B])c1O. The highest BCUT2D eigenvalue weighted by atomic mass is 16.4. The Kier molecular flexibility index (Phi) is 12.6. The first-order valence-corrected chi connectivity index (χ1v) is 28.7. The average molecular weight is 1120 g/mol. The van der Waals surface area contributed by atoms with Crippen molar-refractivity contribution in [2.24, 2.45) is 0 Å². The second-order valence-electron chi connectivity index (χ2n) is 25.6. The predicted molar refractivity (Wildman–Crippen MR) is 354 cm³/mol. The summed E-state index contributed by atoms with van der Waals surface area (Å²) in [6.45, 7) is 20.0. The van der Waals surface area contributed by atoms with Crippen LogP contribution >= 0.6 is 0 Å². The number of aryl methyl sites for hydroxylation is 1. The van der Waals surface area contributed by atoms with Crippen LogP contribution in [-0.2, 0) is 16.2 Å². The van der Waals surface area contributed by atoms with Crippen molar-refractivity contribution in [3.63, 3.8) is 0 Å². The number of phenolic OH excluding ortho intramolecular Hbond substituents is 7. The molecule has 0 amide bonds. The normalized spacial score (nSPS) is 13.7. The predicted octanol–water partition coefficient (Wildman–Crippen LogP) is 12.1. The Bertz CT molecular complexity index is 4320. The molecule has 0 atom stereocenters. The molecule has 10 nitrogen and oxygen atoms in total. The Hall–Kier alpha value is -9.54. The van der Waals surface area contributed by atoms with Crippen LogP contribution in [0.4, 0.5) is 51.2 Å². The van der Waals surface area contributed by atoms with E-state index in [1.54, 1.807) is 36.4 Å². The molecule has 10 aromatic carbocycles. The molecule has 2 aliphatic heterocycles. The summed E-state index contributed by atoms with van der Waals surface area (Å²) in [5.74, 6) is -5.47. The molecule has 10 aromatic rings. The van der Waals surface area contributed by atoms with E-state index in [0.717, 1.165) is 56.3 Å². The maximum absolute atomic E-state index is 11.3. The zero-order valence-electron chi connectivity index (χ0n) is 49.4. The van der Waals surface area contributed by atoms with Crippen LogP contribution in [0.3, 0.4) is 0 Å². The number of benzene rings is 10. The molecule has 0 saturated carbocycles. The molecule has 0 spiro atoms. The van der Waals surface area contributed by atoms with Gasteiger partial charge in [-0.15, -0.1) is 0 Å². The minimum absolute atomic E-state index is 0.110. The van der Waals surface area contributed by atoms with Crippen LogP contribution in [0.2, 0.25) is 0 Å². The molecule has 0 unspecified atom stereocenters. The number of phenols is 7. The fraction of sp³-hybridized carbons (Fsp3) is 0.167. The van der Waals surface area contributed by atoms with Gasteiger partial charge in [0.1, 0.15) is 35.0 Å². The maximum atomic E-state index is 11.3. The summed E-state index contributed by atoms with van der Waals surface area (Å²) in [6, 6.07) is 56.8. The van der Waals surface area contributed by atoms with Gasteiger partial charge in [-0.2, -0.15) is 0 Å². The summed E-state index contributed by atoms with van der Waals surface area (Å²) in [7, 11) is 18.6. The van der Waals surface area contributed by atoms with Crippen LogP contribution in [-0.4, -0.2) is 66.0 Å². The van der Waals surface area contributed by atoms with E-state index in [-0.39, 0.29) is 61.8 Å². The number of rotatable bonds is 7. The van der Waals surface area contributed by atoms with Crippen molar-refractivity contribution in [3.05, 3.63) is 192 Å².